The molecule has 0 saturated carbocycles. The fourth-order valence-corrected chi connectivity index (χ4v) is 2.62. The molecule has 0 aliphatic rings. The van der Waals surface area contributed by atoms with E-state index >= 15 is 0 Å². The third-order valence-electron chi connectivity index (χ3n) is 4.04. The Morgan fingerprint density at radius 1 is 1.13 bits per heavy atom. The highest BCUT2D eigenvalue weighted by Crippen LogP contribution is 2.18. The second-order valence-electron chi connectivity index (χ2n) is 5.97. The Hall–Kier alpha value is -2.03. The van der Waals surface area contributed by atoms with Gasteiger partial charge in [0.05, 0.1) is 11.8 Å². The summed E-state index contributed by atoms with van der Waals surface area (Å²) in [7, 11) is 0. The predicted octanol–water partition coefficient (Wildman–Crippen LogP) is 5.33. The number of esters is 1. The summed E-state index contributed by atoms with van der Waals surface area (Å²) in [6.45, 7) is 4.21. The summed E-state index contributed by atoms with van der Waals surface area (Å²) >= 11 is 0. The number of furan rings is 1. The van der Waals surface area contributed by atoms with Crippen LogP contribution in [0.1, 0.15) is 60.7 Å². The summed E-state index contributed by atoms with van der Waals surface area (Å²) in [5.41, 5.74) is 1.71. The van der Waals surface area contributed by atoms with Crippen LogP contribution in [0.25, 0.3) is 0 Å². The minimum atomic E-state index is -0.254. The molecule has 0 fully saturated rings. The molecule has 1 atom stereocenters. The van der Waals surface area contributed by atoms with Gasteiger partial charge in [-0.05, 0) is 43.5 Å². The van der Waals surface area contributed by atoms with Crippen LogP contribution in [0.5, 0.6) is 0 Å². The van der Waals surface area contributed by atoms with E-state index in [0.29, 0.717) is 12.0 Å². The standard InChI is InChI=1S/C20H26O3/c1-3-4-5-9-12-18(15-19-16(2)13-14-22-19)23-20(21)17-10-7-6-8-11-17/h6-8,10-11,13-14,18H,3-5,9,12,15H2,1-2H3. The maximum absolute atomic E-state index is 12.3. The highest BCUT2D eigenvalue weighted by molar-refractivity contribution is 5.89. The molecule has 1 heterocycles. The number of benzene rings is 1. The third-order valence-corrected chi connectivity index (χ3v) is 4.04. The summed E-state index contributed by atoms with van der Waals surface area (Å²) < 4.78 is 11.3. The molecule has 1 aromatic carbocycles. The minimum absolute atomic E-state index is 0.135. The van der Waals surface area contributed by atoms with Crippen LogP contribution in [0.4, 0.5) is 0 Å². The van der Waals surface area contributed by atoms with Gasteiger partial charge in [-0.15, -0.1) is 0 Å². The lowest BCUT2D eigenvalue weighted by molar-refractivity contribution is 0.0265. The van der Waals surface area contributed by atoms with Crippen LogP contribution in [0, 0.1) is 6.92 Å². The van der Waals surface area contributed by atoms with E-state index in [9.17, 15) is 4.79 Å². The van der Waals surface area contributed by atoms with Crippen molar-refractivity contribution in [3.8, 4) is 0 Å². The number of aryl methyl sites for hydroxylation is 1. The van der Waals surface area contributed by atoms with Gasteiger partial charge < -0.3 is 9.15 Å². The summed E-state index contributed by atoms with van der Waals surface area (Å²) in [6.07, 6.45) is 7.74. The molecule has 3 heteroatoms. The summed E-state index contributed by atoms with van der Waals surface area (Å²) in [6, 6.07) is 11.1. The van der Waals surface area contributed by atoms with Crippen molar-refractivity contribution in [1.29, 1.82) is 0 Å². The lowest BCUT2D eigenvalue weighted by Gasteiger charge is -2.17. The monoisotopic (exact) mass is 314 g/mol. The molecule has 0 bridgehead atoms. The molecule has 2 rings (SSSR count). The van der Waals surface area contributed by atoms with Crippen molar-refractivity contribution in [3.05, 3.63) is 59.5 Å². The molecule has 23 heavy (non-hydrogen) atoms. The van der Waals surface area contributed by atoms with Crippen LogP contribution >= 0.6 is 0 Å². The molecule has 2 aromatic rings. The lowest BCUT2D eigenvalue weighted by Crippen LogP contribution is -2.21. The van der Waals surface area contributed by atoms with Gasteiger partial charge in [-0.2, -0.15) is 0 Å². The number of rotatable bonds is 9. The first-order valence-electron chi connectivity index (χ1n) is 8.49. The van der Waals surface area contributed by atoms with Crippen LogP contribution in [-0.4, -0.2) is 12.1 Å². The van der Waals surface area contributed by atoms with Crippen molar-refractivity contribution < 1.29 is 13.9 Å². The van der Waals surface area contributed by atoms with Crippen molar-refractivity contribution >= 4 is 5.97 Å². The number of carbonyl (C=O) groups excluding carboxylic acids is 1. The van der Waals surface area contributed by atoms with Gasteiger partial charge in [0, 0.05) is 6.42 Å². The third kappa shape index (κ3) is 5.59. The zero-order valence-electron chi connectivity index (χ0n) is 14.1. The van der Waals surface area contributed by atoms with Crippen LogP contribution in [0.3, 0.4) is 0 Å². The van der Waals surface area contributed by atoms with Gasteiger partial charge in [-0.25, -0.2) is 4.79 Å². The summed E-state index contributed by atoms with van der Waals surface area (Å²) in [5, 5.41) is 0. The summed E-state index contributed by atoms with van der Waals surface area (Å²) in [5.74, 6) is 0.654. The molecular weight excluding hydrogens is 288 g/mol. The van der Waals surface area contributed by atoms with E-state index in [-0.39, 0.29) is 12.1 Å². The molecule has 0 radical (unpaired) electrons. The molecule has 3 nitrogen and oxygen atoms in total. The molecule has 0 N–H and O–H groups in total. The Bertz CT molecular complexity index is 586. The van der Waals surface area contributed by atoms with Crippen molar-refractivity contribution in [3.63, 3.8) is 0 Å². The van der Waals surface area contributed by atoms with E-state index in [2.05, 4.69) is 6.92 Å². The molecule has 0 aliphatic heterocycles. The molecule has 0 spiro atoms. The quantitative estimate of drug-likeness (QED) is 0.464. The first-order chi connectivity index (χ1) is 11.2. The fraction of sp³-hybridized carbons (Fsp3) is 0.450. The van der Waals surface area contributed by atoms with Crippen molar-refractivity contribution in [2.75, 3.05) is 0 Å². The van der Waals surface area contributed by atoms with E-state index < -0.39 is 0 Å². The number of hydrogen-bond acceptors (Lipinski definition) is 3. The van der Waals surface area contributed by atoms with Crippen LogP contribution in [0.15, 0.2) is 47.1 Å². The van der Waals surface area contributed by atoms with E-state index in [4.69, 9.17) is 9.15 Å². The Morgan fingerprint density at radius 3 is 2.57 bits per heavy atom. The average Bonchev–Trinajstić information content (AvgIpc) is 2.97. The van der Waals surface area contributed by atoms with E-state index in [0.717, 1.165) is 24.2 Å². The Kier molecular flexibility index (Phi) is 6.92. The van der Waals surface area contributed by atoms with Crippen molar-refractivity contribution in [2.45, 2.75) is 58.5 Å². The van der Waals surface area contributed by atoms with E-state index in [1.807, 2.05) is 31.2 Å². The normalized spacial score (nSPS) is 12.1. The smallest absolute Gasteiger partial charge is 0.338 e. The Morgan fingerprint density at radius 2 is 1.91 bits per heavy atom. The number of ether oxygens (including phenoxy) is 1. The van der Waals surface area contributed by atoms with Gasteiger partial charge in [0.1, 0.15) is 11.9 Å². The maximum Gasteiger partial charge on any atom is 0.338 e. The topological polar surface area (TPSA) is 39.4 Å². The molecule has 1 aromatic heterocycles. The highest BCUT2D eigenvalue weighted by Gasteiger charge is 2.18. The SMILES string of the molecule is CCCCCCC(Cc1occc1C)OC(=O)c1ccccc1. The lowest BCUT2D eigenvalue weighted by atomic mass is 10.0. The molecule has 124 valence electrons. The van der Waals surface area contributed by atoms with Gasteiger partial charge in [-0.3, -0.25) is 0 Å². The van der Waals surface area contributed by atoms with Gasteiger partial charge in [0.2, 0.25) is 0 Å². The molecular formula is C20H26O3. The molecule has 0 saturated heterocycles. The predicted molar refractivity (Wildman–Crippen MR) is 91.6 cm³/mol. The Balaban J connectivity index is 1.97. The van der Waals surface area contributed by atoms with Crippen molar-refractivity contribution in [1.82, 2.24) is 0 Å². The molecule has 1 unspecified atom stereocenters. The minimum Gasteiger partial charge on any atom is -0.469 e. The molecule has 0 aliphatic carbocycles. The fourth-order valence-electron chi connectivity index (χ4n) is 2.62. The van der Waals surface area contributed by atoms with Gasteiger partial charge in [-0.1, -0.05) is 44.4 Å². The van der Waals surface area contributed by atoms with Crippen LogP contribution in [-0.2, 0) is 11.2 Å². The van der Waals surface area contributed by atoms with Gasteiger partial charge in [0.15, 0.2) is 0 Å². The van der Waals surface area contributed by atoms with Gasteiger partial charge >= 0.3 is 5.97 Å². The maximum atomic E-state index is 12.3. The largest absolute Gasteiger partial charge is 0.469 e. The second-order valence-corrected chi connectivity index (χ2v) is 5.97. The second kappa shape index (κ2) is 9.19. The highest BCUT2D eigenvalue weighted by atomic mass is 16.5. The van der Waals surface area contributed by atoms with Crippen molar-refractivity contribution in [2.24, 2.45) is 0 Å². The summed E-state index contributed by atoms with van der Waals surface area (Å²) in [4.78, 5) is 12.3. The first-order valence-corrected chi connectivity index (χ1v) is 8.49. The number of carbonyl (C=O) groups is 1. The van der Waals surface area contributed by atoms with E-state index in [1.165, 1.54) is 19.3 Å². The number of hydrogen-bond donors (Lipinski definition) is 0. The Labute approximate surface area is 138 Å². The van der Waals surface area contributed by atoms with Crippen LogP contribution < -0.4 is 0 Å². The van der Waals surface area contributed by atoms with Crippen LogP contribution in [0.2, 0.25) is 0 Å². The van der Waals surface area contributed by atoms with Gasteiger partial charge in [0.25, 0.3) is 0 Å². The zero-order valence-corrected chi connectivity index (χ0v) is 14.1. The number of unbranched alkanes of at least 4 members (excludes halogenated alkanes) is 3. The van der Waals surface area contributed by atoms with E-state index in [1.54, 1.807) is 18.4 Å². The molecule has 0 amide bonds. The first kappa shape index (κ1) is 17.3. The average molecular weight is 314 g/mol. The zero-order chi connectivity index (χ0) is 16.5.